The van der Waals surface area contributed by atoms with Crippen LogP contribution in [-0.4, -0.2) is 32.8 Å². The summed E-state index contributed by atoms with van der Waals surface area (Å²) in [6.07, 6.45) is 0.461. The van der Waals surface area contributed by atoms with Gasteiger partial charge in [0, 0.05) is 13.0 Å². The van der Waals surface area contributed by atoms with Gasteiger partial charge >= 0.3 is 0 Å². The molecule has 0 aliphatic rings. The summed E-state index contributed by atoms with van der Waals surface area (Å²) in [6.45, 7) is 2.10. The average molecular weight is 263 g/mol. The minimum atomic E-state index is -0.327. The third-order valence-corrected chi connectivity index (χ3v) is 2.24. The van der Waals surface area contributed by atoms with Crippen LogP contribution in [0.2, 0.25) is 0 Å². The number of hydrogen-bond donors (Lipinski definition) is 3. The van der Waals surface area contributed by atoms with Crippen molar-refractivity contribution in [1.29, 1.82) is 0 Å². The van der Waals surface area contributed by atoms with Crippen LogP contribution in [0.3, 0.4) is 0 Å². The molecule has 0 aliphatic heterocycles. The second-order valence-electron chi connectivity index (χ2n) is 3.69. The number of hydrazine groups is 1. The molecule has 0 aromatic carbocycles. The van der Waals surface area contributed by atoms with Crippen LogP contribution < -0.4 is 16.6 Å². The number of nitrogens with zero attached hydrogens (tertiary/aromatic N) is 4. The van der Waals surface area contributed by atoms with Crippen LogP contribution >= 0.6 is 0 Å². The van der Waals surface area contributed by atoms with Crippen LogP contribution in [0, 0.1) is 6.92 Å². The van der Waals surface area contributed by atoms with Crippen molar-refractivity contribution in [3.05, 3.63) is 29.5 Å². The highest BCUT2D eigenvalue weighted by Gasteiger charge is 2.08. The zero-order valence-electron chi connectivity index (χ0n) is 10.3. The first-order valence-corrected chi connectivity index (χ1v) is 5.57. The number of anilines is 1. The second-order valence-corrected chi connectivity index (χ2v) is 3.69. The lowest BCUT2D eigenvalue weighted by Gasteiger charge is -2.02. The van der Waals surface area contributed by atoms with E-state index in [1.54, 1.807) is 13.0 Å². The van der Waals surface area contributed by atoms with Crippen molar-refractivity contribution < 1.29 is 9.32 Å². The summed E-state index contributed by atoms with van der Waals surface area (Å²) in [4.78, 5) is 15.7. The summed E-state index contributed by atoms with van der Waals surface area (Å²) in [6, 6.07) is 3.08. The Labute approximate surface area is 108 Å². The van der Waals surface area contributed by atoms with Crippen molar-refractivity contribution in [2.75, 3.05) is 12.0 Å². The summed E-state index contributed by atoms with van der Waals surface area (Å²) < 4.78 is 4.92. The molecule has 2 aromatic rings. The molecule has 0 saturated heterocycles. The quantitative estimate of drug-likeness (QED) is 0.482. The summed E-state index contributed by atoms with van der Waals surface area (Å²) in [7, 11) is 0. The number of aromatic nitrogens is 4. The van der Waals surface area contributed by atoms with E-state index in [2.05, 4.69) is 31.1 Å². The summed E-state index contributed by atoms with van der Waals surface area (Å²) in [5.41, 5.74) is 2.54. The first-order valence-electron chi connectivity index (χ1n) is 5.57. The van der Waals surface area contributed by atoms with Crippen LogP contribution in [0.5, 0.6) is 0 Å². The van der Waals surface area contributed by atoms with E-state index in [1.807, 2.05) is 0 Å². The zero-order chi connectivity index (χ0) is 13.7. The fourth-order valence-corrected chi connectivity index (χ4v) is 1.35. The largest absolute Gasteiger partial charge is 0.350 e. The minimum absolute atomic E-state index is 0.209. The highest BCUT2D eigenvalue weighted by atomic mass is 16.5. The molecule has 0 bridgehead atoms. The Morgan fingerprint density at radius 3 is 2.84 bits per heavy atom. The molecule has 100 valence electrons. The molecule has 1 amide bonds. The van der Waals surface area contributed by atoms with Crippen LogP contribution in [0.4, 0.5) is 5.82 Å². The Kier molecular flexibility index (Phi) is 3.98. The van der Waals surface area contributed by atoms with Crippen LogP contribution in [0.25, 0.3) is 0 Å². The highest BCUT2D eigenvalue weighted by molar-refractivity contribution is 5.92. The molecule has 9 heteroatoms. The Hall–Kier alpha value is -2.55. The number of carbonyl (C=O) groups is 1. The lowest BCUT2D eigenvalue weighted by molar-refractivity contribution is 0.0947. The van der Waals surface area contributed by atoms with Gasteiger partial charge in [0.05, 0.1) is 0 Å². The predicted molar refractivity (Wildman–Crippen MR) is 64.9 cm³/mol. The number of aryl methyl sites for hydroxylation is 1. The molecule has 0 atom stereocenters. The van der Waals surface area contributed by atoms with Gasteiger partial charge in [-0.2, -0.15) is 4.98 Å². The van der Waals surface area contributed by atoms with E-state index in [9.17, 15) is 4.79 Å². The number of rotatable bonds is 5. The minimum Gasteiger partial charge on any atom is -0.350 e. The lowest BCUT2D eigenvalue weighted by Crippen LogP contribution is -2.27. The van der Waals surface area contributed by atoms with Crippen LogP contribution in [0.15, 0.2) is 16.7 Å². The molecule has 0 fully saturated rings. The van der Waals surface area contributed by atoms with Gasteiger partial charge in [0.2, 0.25) is 5.89 Å². The maximum absolute atomic E-state index is 11.7. The molecule has 19 heavy (non-hydrogen) atoms. The van der Waals surface area contributed by atoms with Gasteiger partial charge in [0.25, 0.3) is 5.91 Å². The molecule has 4 N–H and O–H groups in total. The van der Waals surface area contributed by atoms with E-state index in [-0.39, 0.29) is 11.6 Å². The van der Waals surface area contributed by atoms with Gasteiger partial charge in [-0.3, -0.25) is 4.79 Å². The van der Waals surface area contributed by atoms with Crippen molar-refractivity contribution >= 4 is 11.7 Å². The highest BCUT2D eigenvalue weighted by Crippen LogP contribution is 2.00. The first kappa shape index (κ1) is 12.9. The number of nitrogen functional groups attached to an aromatic ring is 1. The van der Waals surface area contributed by atoms with E-state index in [0.717, 1.165) is 0 Å². The summed E-state index contributed by atoms with van der Waals surface area (Å²) >= 11 is 0. The Balaban J connectivity index is 1.83. The van der Waals surface area contributed by atoms with Crippen molar-refractivity contribution in [2.45, 2.75) is 13.3 Å². The van der Waals surface area contributed by atoms with Crippen molar-refractivity contribution in [1.82, 2.24) is 25.7 Å². The lowest BCUT2D eigenvalue weighted by atomic mass is 10.3. The van der Waals surface area contributed by atoms with Gasteiger partial charge in [-0.05, 0) is 19.1 Å². The van der Waals surface area contributed by atoms with Crippen molar-refractivity contribution in [3.63, 3.8) is 0 Å². The molecular formula is C10H13N7O2. The maximum Gasteiger partial charge on any atom is 0.271 e. The number of hydrogen-bond acceptors (Lipinski definition) is 8. The van der Waals surface area contributed by atoms with Gasteiger partial charge in [-0.1, -0.05) is 5.16 Å². The molecule has 0 saturated carbocycles. The van der Waals surface area contributed by atoms with Crippen molar-refractivity contribution in [3.8, 4) is 0 Å². The van der Waals surface area contributed by atoms with Gasteiger partial charge in [-0.15, -0.1) is 10.2 Å². The van der Waals surface area contributed by atoms with Crippen LogP contribution in [-0.2, 0) is 6.42 Å². The Bertz CT molecular complexity index is 551. The topological polar surface area (TPSA) is 132 Å². The molecule has 9 nitrogen and oxygen atoms in total. The Morgan fingerprint density at radius 1 is 1.42 bits per heavy atom. The average Bonchev–Trinajstić information content (AvgIpc) is 2.84. The van der Waals surface area contributed by atoms with Gasteiger partial charge in [-0.25, -0.2) is 5.84 Å². The number of nitrogens with two attached hydrogens (primary N) is 1. The number of amides is 1. The molecule has 2 heterocycles. The summed E-state index contributed by atoms with van der Waals surface area (Å²) in [5.74, 6) is 6.25. The third-order valence-electron chi connectivity index (χ3n) is 2.24. The molecule has 2 rings (SSSR count). The van der Waals surface area contributed by atoms with Gasteiger partial charge < -0.3 is 15.3 Å². The number of nitrogens with one attached hydrogen (secondary N) is 2. The van der Waals surface area contributed by atoms with Crippen molar-refractivity contribution in [2.24, 2.45) is 5.84 Å². The van der Waals surface area contributed by atoms with Gasteiger partial charge in [0.15, 0.2) is 17.3 Å². The molecular weight excluding hydrogens is 250 g/mol. The fraction of sp³-hybridized carbons (Fsp3) is 0.300. The Morgan fingerprint density at radius 2 is 2.26 bits per heavy atom. The number of carbonyl (C=O) groups excluding carboxylic acids is 1. The van der Waals surface area contributed by atoms with E-state index >= 15 is 0 Å². The van der Waals surface area contributed by atoms with E-state index in [0.29, 0.717) is 30.5 Å². The molecule has 0 aliphatic carbocycles. The van der Waals surface area contributed by atoms with Gasteiger partial charge in [0.1, 0.15) is 0 Å². The third kappa shape index (κ3) is 3.45. The molecule has 2 aromatic heterocycles. The standard InChI is InChI=1S/C10H13N7O2/c1-6-13-9(19-17-6)4-5-12-10(18)7-2-3-8(14-11)16-15-7/h2-3H,4-5,11H2,1H3,(H,12,18)(H,14,16). The predicted octanol–water partition coefficient (Wildman–Crippen LogP) is -0.574. The fourth-order valence-electron chi connectivity index (χ4n) is 1.35. The first-order chi connectivity index (χ1) is 9.19. The maximum atomic E-state index is 11.7. The summed E-state index contributed by atoms with van der Waals surface area (Å²) in [5, 5.41) is 13.7. The molecule has 0 unspecified atom stereocenters. The molecule has 0 spiro atoms. The zero-order valence-corrected chi connectivity index (χ0v) is 10.3. The van der Waals surface area contributed by atoms with E-state index in [4.69, 9.17) is 10.4 Å². The second kappa shape index (κ2) is 5.87. The van der Waals surface area contributed by atoms with E-state index in [1.165, 1.54) is 6.07 Å². The van der Waals surface area contributed by atoms with Crippen LogP contribution in [0.1, 0.15) is 22.2 Å². The normalized spacial score (nSPS) is 10.2. The smallest absolute Gasteiger partial charge is 0.271 e. The monoisotopic (exact) mass is 263 g/mol. The van der Waals surface area contributed by atoms with E-state index < -0.39 is 0 Å². The molecule has 0 radical (unpaired) electrons. The SMILES string of the molecule is Cc1noc(CCNC(=O)c2ccc(NN)nn2)n1.